The minimum absolute atomic E-state index is 0.120. The van der Waals surface area contributed by atoms with Crippen molar-refractivity contribution in [2.45, 2.75) is 33.2 Å². The van der Waals surface area contributed by atoms with E-state index in [1.165, 1.54) is 0 Å². The first-order valence-electron chi connectivity index (χ1n) is 5.49. The molecule has 1 heterocycles. The van der Waals surface area contributed by atoms with E-state index in [1.54, 1.807) is 6.20 Å². The number of nitrogens with zero attached hydrogens (tertiary/aromatic N) is 2. The average molecular weight is 209 g/mol. The average Bonchev–Trinajstić information content (AvgIpc) is 2.75. The van der Waals surface area contributed by atoms with Crippen LogP contribution >= 0.6 is 0 Å². The van der Waals surface area contributed by atoms with Crippen LogP contribution in [-0.2, 0) is 11.3 Å². The van der Waals surface area contributed by atoms with Crippen LogP contribution in [0.25, 0.3) is 0 Å². The molecule has 1 N–H and O–H groups in total. The summed E-state index contributed by atoms with van der Waals surface area (Å²) in [6.45, 7) is 5.55. The zero-order chi connectivity index (χ0) is 11.1. The Morgan fingerprint density at radius 3 is 3.00 bits per heavy atom. The lowest BCUT2D eigenvalue weighted by Gasteiger charge is -2.09. The first-order chi connectivity index (χ1) is 7.24. The molecule has 0 bridgehead atoms. The third kappa shape index (κ3) is 4.14. The van der Waals surface area contributed by atoms with E-state index in [0.717, 1.165) is 25.9 Å². The highest BCUT2D eigenvalue weighted by atomic mass is 16.1. The van der Waals surface area contributed by atoms with Crippen molar-refractivity contribution in [2.24, 2.45) is 5.92 Å². The third-order valence-corrected chi connectivity index (χ3v) is 2.48. The van der Waals surface area contributed by atoms with Gasteiger partial charge in [-0.3, -0.25) is 9.48 Å². The van der Waals surface area contributed by atoms with Gasteiger partial charge in [0, 0.05) is 31.4 Å². The predicted molar refractivity (Wildman–Crippen MR) is 59.3 cm³/mol. The topological polar surface area (TPSA) is 46.9 Å². The van der Waals surface area contributed by atoms with Crippen molar-refractivity contribution >= 4 is 5.91 Å². The van der Waals surface area contributed by atoms with E-state index >= 15 is 0 Å². The van der Waals surface area contributed by atoms with E-state index in [-0.39, 0.29) is 11.8 Å². The molecule has 1 amide bonds. The van der Waals surface area contributed by atoms with Crippen LogP contribution in [0.1, 0.15) is 26.7 Å². The molecule has 0 aliphatic rings. The summed E-state index contributed by atoms with van der Waals surface area (Å²) in [4.78, 5) is 11.4. The van der Waals surface area contributed by atoms with Gasteiger partial charge in [0.15, 0.2) is 0 Å². The predicted octanol–water partition coefficient (Wildman–Crippen LogP) is 1.44. The second-order valence-electron chi connectivity index (χ2n) is 3.72. The van der Waals surface area contributed by atoms with Gasteiger partial charge in [0.05, 0.1) is 0 Å². The van der Waals surface area contributed by atoms with Gasteiger partial charge in [0.1, 0.15) is 0 Å². The van der Waals surface area contributed by atoms with Gasteiger partial charge in [0.25, 0.3) is 0 Å². The molecule has 0 saturated heterocycles. The number of aromatic nitrogens is 2. The molecule has 0 fully saturated rings. The van der Waals surface area contributed by atoms with Crippen LogP contribution in [0.5, 0.6) is 0 Å². The summed E-state index contributed by atoms with van der Waals surface area (Å²) >= 11 is 0. The van der Waals surface area contributed by atoms with Crippen molar-refractivity contribution < 1.29 is 4.79 Å². The lowest BCUT2D eigenvalue weighted by atomic mass is 10.1. The van der Waals surface area contributed by atoms with Crippen molar-refractivity contribution in [2.75, 3.05) is 6.54 Å². The number of hydrogen-bond donors (Lipinski definition) is 1. The Labute approximate surface area is 90.7 Å². The minimum atomic E-state index is 0.120. The van der Waals surface area contributed by atoms with Crippen LogP contribution in [0.2, 0.25) is 0 Å². The normalized spacial score (nSPS) is 12.4. The number of amides is 1. The SMILES string of the molecule is CC[C@@H](C)C(=O)NCCCn1cccn1. The lowest BCUT2D eigenvalue weighted by Crippen LogP contribution is -2.30. The molecule has 0 aromatic carbocycles. The third-order valence-electron chi connectivity index (χ3n) is 2.48. The van der Waals surface area contributed by atoms with Crippen molar-refractivity contribution in [3.8, 4) is 0 Å². The summed E-state index contributed by atoms with van der Waals surface area (Å²) in [6.07, 6.45) is 5.50. The molecule has 1 aromatic rings. The van der Waals surface area contributed by atoms with Crippen molar-refractivity contribution in [1.82, 2.24) is 15.1 Å². The molecule has 0 spiro atoms. The maximum Gasteiger partial charge on any atom is 0.222 e. The van der Waals surface area contributed by atoms with Crippen LogP contribution in [0.3, 0.4) is 0 Å². The highest BCUT2D eigenvalue weighted by Crippen LogP contribution is 1.99. The smallest absolute Gasteiger partial charge is 0.222 e. The first-order valence-corrected chi connectivity index (χ1v) is 5.49. The Bertz CT molecular complexity index is 282. The fraction of sp³-hybridized carbons (Fsp3) is 0.636. The Balaban J connectivity index is 2.09. The zero-order valence-corrected chi connectivity index (χ0v) is 9.44. The first kappa shape index (κ1) is 11.8. The van der Waals surface area contributed by atoms with E-state index in [2.05, 4.69) is 10.4 Å². The summed E-state index contributed by atoms with van der Waals surface area (Å²) < 4.78 is 1.87. The molecule has 0 radical (unpaired) electrons. The number of aryl methyl sites for hydroxylation is 1. The molecule has 1 aromatic heterocycles. The molecule has 1 atom stereocenters. The number of carbonyl (C=O) groups is 1. The van der Waals surface area contributed by atoms with Crippen LogP contribution in [0, 0.1) is 5.92 Å². The molecule has 1 rings (SSSR count). The van der Waals surface area contributed by atoms with Gasteiger partial charge in [-0.2, -0.15) is 5.10 Å². The molecule has 0 unspecified atom stereocenters. The second-order valence-corrected chi connectivity index (χ2v) is 3.72. The van der Waals surface area contributed by atoms with Gasteiger partial charge in [-0.25, -0.2) is 0 Å². The zero-order valence-electron chi connectivity index (χ0n) is 9.44. The number of rotatable bonds is 6. The molecule has 84 valence electrons. The van der Waals surface area contributed by atoms with Gasteiger partial charge in [0.2, 0.25) is 5.91 Å². The van der Waals surface area contributed by atoms with Gasteiger partial charge < -0.3 is 5.32 Å². The van der Waals surface area contributed by atoms with E-state index in [4.69, 9.17) is 0 Å². The Morgan fingerprint density at radius 2 is 2.40 bits per heavy atom. The van der Waals surface area contributed by atoms with Gasteiger partial charge in [-0.15, -0.1) is 0 Å². The molecular formula is C11H19N3O. The lowest BCUT2D eigenvalue weighted by molar-refractivity contribution is -0.124. The van der Waals surface area contributed by atoms with Gasteiger partial charge in [-0.1, -0.05) is 13.8 Å². The number of hydrogen-bond acceptors (Lipinski definition) is 2. The van der Waals surface area contributed by atoms with Crippen LogP contribution < -0.4 is 5.32 Å². The molecular weight excluding hydrogens is 190 g/mol. The Kier molecular flexibility index (Phi) is 4.87. The van der Waals surface area contributed by atoms with E-state index in [1.807, 2.05) is 30.8 Å². The minimum Gasteiger partial charge on any atom is -0.356 e. The Hall–Kier alpha value is -1.32. The highest BCUT2D eigenvalue weighted by Gasteiger charge is 2.08. The molecule has 15 heavy (non-hydrogen) atoms. The highest BCUT2D eigenvalue weighted by molar-refractivity contribution is 5.78. The largest absolute Gasteiger partial charge is 0.356 e. The van der Waals surface area contributed by atoms with Gasteiger partial charge >= 0.3 is 0 Å². The van der Waals surface area contributed by atoms with E-state index in [0.29, 0.717) is 0 Å². The molecule has 0 saturated carbocycles. The number of nitrogens with one attached hydrogen (secondary N) is 1. The van der Waals surface area contributed by atoms with E-state index in [9.17, 15) is 4.79 Å². The second kappa shape index (κ2) is 6.22. The van der Waals surface area contributed by atoms with E-state index < -0.39 is 0 Å². The van der Waals surface area contributed by atoms with Crippen molar-refractivity contribution in [3.05, 3.63) is 18.5 Å². The summed E-state index contributed by atoms with van der Waals surface area (Å²) in [5.41, 5.74) is 0. The maximum absolute atomic E-state index is 11.4. The Morgan fingerprint density at radius 1 is 1.60 bits per heavy atom. The summed E-state index contributed by atoms with van der Waals surface area (Å²) in [5, 5.41) is 7.00. The summed E-state index contributed by atoms with van der Waals surface area (Å²) in [5.74, 6) is 0.271. The van der Waals surface area contributed by atoms with Gasteiger partial charge in [-0.05, 0) is 18.9 Å². The fourth-order valence-electron chi connectivity index (χ4n) is 1.24. The molecule has 0 aliphatic heterocycles. The maximum atomic E-state index is 11.4. The van der Waals surface area contributed by atoms with Crippen molar-refractivity contribution in [3.63, 3.8) is 0 Å². The monoisotopic (exact) mass is 209 g/mol. The number of carbonyl (C=O) groups excluding carboxylic acids is 1. The molecule has 4 heteroatoms. The quantitative estimate of drug-likeness (QED) is 0.720. The summed E-state index contributed by atoms with van der Waals surface area (Å²) in [7, 11) is 0. The molecule has 0 aliphatic carbocycles. The van der Waals surface area contributed by atoms with Crippen LogP contribution in [-0.4, -0.2) is 22.2 Å². The van der Waals surface area contributed by atoms with Crippen LogP contribution in [0.15, 0.2) is 18.5 Å². The standard InChI is InChI=1S/C11H19N3O/c1-3-10(2)11(15)12-6-4-8-14-9-5-7-13-14/h5,7,9-10H,3-4,6,8H2,1-2H3,(H,12,15)/t10-/m1/s1. The molecule has 4 nitrogen and oxygen atoms in total. The summed E-state index contributed by atoms with van der Waals surface area (Å²) in [6, 6.07) is 1.90. The fourth-order valence-corrected chi connectivity index (χ4v) is 1.24. The van der Waals surface area contributed by atoms with Crippen LogP contribution in [0.4, 0.5) is 0 Å². The van der Waals surface area contributed by atoms with Crippen molar-refractivity contribution in [1.29, 1.82) is 0 Å².